The van der Waals surface area contributed by atoms with Crippen molar-refractivity contribution >= 4 is 10.9 Å². The molecule has 0 saturated carbocycles. The Hall–Kier alpha value is -8.02. The lowest BCUT2D eigenvalue weighted by Gasteiger charge is -2.40. The van der Waals surface area contributed by atoms with Gasteiger partial charge < -0.3 is 4.74 Å². The molecule has 2 aliphatic rings. The van der Waals surface area contributed by atoms with Gasteiger partial charge in [0.15, 0.2) is 17.5 Å². The van der Waals surface area contributed by atoms with E-state index >= 15 is 0 Å². The maximum atomic E-state index is 6.88. The molecule has 12 rings (SSSR count). The molecule has 1 unspecified atom stereocenters. The van der Waals surface area contributed by atoms with Crippen LogP contribution in [0.5, 0.6) is 11.5 Å². The monoisotopic (exact) mass is 766 g/mol. The Balaban J connectivity index is 1.13. The van der Waals surface area contributed by atoms with Crippen LogP contribution in [-0.4, -0.2) is 19.9 Å². The van der Waals surface area contributed by atoms with Crippen LogP contribution >= 0.6 is 0 Å². The van der Waals surface area contributed by atoms with Gasteiger partial charge in [0, 0.05) is 44.3 Å². The van der Waals surface area contributed by atoms with Crippen molar-refractivity contribution in [2.45, 2.75) is 5.41 Å². The highest BCUT2D eigenvalue weighted by Crippen LogP contribution is 2.64. The maximum absolute atomic E-state index is 6.88. The third kappa shape index (κ3) is 5.19. The predicted octanol–water partition coefficient (Wildman–Crippen LogP) is 13.2. The van der Waals surface area contributed by atoms with Crippen molar-refractivity contribution in [1.29, 1.82) is 0 Å². The van der Waals surface area contributed by atoms with Crippen LogP contribution in [0.1, 0.15) is 22.3 Å². The number of fused-ring (bicyclic) bond motifs is 11. The van der Waals surface area contributed by atoms with Gasteiger partial charge in [0.05, 0.1) is 16.6 Å². The summed E-state index contributed by atoms with van der Waals surface area (Å²) in [5.41, 5.74) is 14.0. The predicted molar refractivity (Wildman–Crippen MR) is 240 cm³/mol. The van der Waals surface area contributed by atoms with Gasteiger partial charge >= 0.3 is 0 Å². The molecule has 0 radical (unpaired) electrons. The second kappa shape index (κ2) is 13.5. The minimum absolute atomic E-state index is 0.582. The lowest BCUT2D eigenvalue weighted by molar-refractivity contribution is 0.437. The summed E-state index contributed by atoms with van der Waals surface area (Å²) >= 11 is 0. The number of ether oxygens (including phenoxy) is 1. The average Bonchev–Trinajstić information content (AvgIpc) is 3.63. The van der Waals surface area contributed by atoms with Crippen LogP contribution in [0.2, 0.25) is 0 Å². The molecular weight excluding hydrogens is 733 g/mol. The van der Waals surface area contributed by atoms with Gasteiger partial charge in [-0.1, -0.05) is 176 Å². The Morgan fingerprint density at radius 2 is 0.850 bits per heavy atom. The topological polar surface area (TPSA) is 60.8 Å². The third-order valence-electron chi connectivity index (χ3n) is 12.0. The van der Waals surface area contributed by atoms with E-state index in [-0.39, 0.29) is 0 Å². The van der Waals surface area contributed by atoms with E-state index in [0.717, 1.165) is 83.7 Å². The van der Waals surface area contributed by atoms with E-state index in [0.29, 0.717) is 17.5 Å². The van der Waals surface area contributed by atoms with Crippen molar-refractivity contribution in [1.82, 2.24) is 19.9 Å². The molecule has 3 heterocycles. The van der Waals surface area contributed by atoms with Gasteiger partial charge in [0.25, 0.3) is 0 Å². The molecule has 2 aromatic heterocycles. The molecule has 8 aromatic carbocycles. The smallest absolute Gasteiger partial charge is 0.164 e. The van der Waals surface area contributed by atoms with Crippen LogP contribution in [0, 0.1) is 0 Å². The molecule has 0 fully saturated rings. The summed E-state index contributed by atoms with van der Waals surface area (Å²) in [7, 11) is 0. The van der Waals surface area contributed by atoms with E-state index in [1.807, 2.05) is 36.4 Å². The van der Waals surface area contributed by atoms with Crippen molar-refractivity contribution in [3.63, 3.8) is 0 Å². The lowest BCUT2D eigenvalue weighted by atomic mass is 9.65. The van der Waals surface area contributed by atoms with E-state index in [4.69, 9.17) is 24.7 Å². The van der Waals surface area contributed by atoms with E-state index in [1.54, 1.807) is 0 Å². The summed E-state index contributed by atoms with van der Waals surface area (Å²) in [6, 6.07) is 71.8. The standard InChI is InChI=1S/C55H34N4O/c1-4-16-35(17-5-1)36-28-30-39(31-29-36)53-57-52(38-20-8-3-9-21-38)58-54(59-53)40-32-33-48-45(34-40)55(44-25-13-15-27-47(44)60-48)43-24-12-10-22-41(43)49-50(55)42-23-11-14-26-46(42)56-51(49)37-18-6-2-7-19-37/h1-34H. The molecule has 1 spiro atoms. The highest BCUT2D eigenvalue weighted by molar-refractivity contribution is 6.04. The molecule has 0 N–H and O–H groups in total. The number of benzene rings is 8. The van der Waals surface area contributed by atoms with Gasteiger partial charge in [0.2, 0.25) is 0 Å². The van der Waals surface area contributed by atoms with Crippen molar-refractivity contribution in [2.75, 3.05) is 0 Å². The molecular formula is C55H34N4O. The zero-order valence-corrected chi connectivity index (χ0v) is 32.3. The number of para-hydroxylation sites is 2. The second-order valence-corrected chi connectivity index (χ2v) is 15.3. The Bertz CT molecular complexity index is 3280. The fourth-order valence-corrected chi connectivity index (χ4v) is 9.36. The maximum Gasteiger partial charge on any atom is 0.164 e. The quantitative estimate of drug-likeness (QED) is 0.175. The molecule has 60 heavy (non-hydrogen) atoms. The Labute approximate surface area is 347 Å². The minimum atomic E-state index is -0.760. The summed E-state index contributed by atoms with van der Waals surface area (Å²) in [4.78, 5) is 20.9. The van der Waals surface area contributed by atoms with Crippen LogP contribution in [-0.2, 0) is 5.41 Å². The molecule has 280 valence electrons. The number of nitrogens with zero attached hydrogens (tertiary/aromatic N) is 4. The number of pyridine rings is 1. The Morgan fingerprint density at radius 3 is 1.58 bits per heavy atom. The van der Waals surface area contributed by atoms with Gasteiger partial charge in [-0.3, -0.25) is 0 Å². The number of hydrogen-bond donors (Lipinski definition) is 0. The molecule has 1 aliphatic heterocycles. The van der Waals surface area contributed by atoms with Crippen molar-refractivity contribution in [2.24, 2.45) is 0 Å². The molecule has 1 aliphatic carbocycles. The summed E-state index contributed by atoms with van der Waals surface area (Å²) in [5.74, 6) is 3.41. The molecule has 5 heteroatoms. The molecule has 0 saturated heterocycles. The van der Waals surface area contributed by atoms with E-state index in [1.165, 1.54) is 11.1 Å². The zero-order chi connectivity index (χ0) is 39.6. The largest absolute Gasteiger partial charge is 0.457 e. The van der Waals surface area contributed by atoms with Gasteiger partial charge in [0.1, 0.15) is 11.5 Å². The first kappa shape index (κ1) is 34.1. The number of rotatable bonds is 5. The molecule has 1 atom stereocenters. The summed E-state index contributed by atoms with van der Waals surface area (Å²) in [6.07, 6.45) is 0. The Morgan fingerprint density at radius 1 is 0.350 bits per heavy atom. The van der Waals surface area contributed by atoms with Gasteiger partial charge in [-0.05, 0) is 58.1 Å². The van der Waals surface area contributed by atoms with Crippen LogP contribution in [0.4, 0.5) is 0 Å². The third-order valence-corrected chi connectivity index (χ3v) is 12.0. The van der Waals surface area contributed by atoms with E-state index < -0.39 is 5.41 Å². The highest BCUT2D eigenvalue weighted by Gasteiger charge is 2.53. The molecule has 10 aromatic rings. The highest BCUT2D eigenvalue weighted by atomic mass is 16.5. The van der Waals surface area contributed by atoms with Gasteiger partial charge in [-0.2, -0.15) is 0 Å². The van der Waals surface area contributed by atoms with E-state index in [2.05, 4.69) is 170 Å². The van der Waals surface area contributed by atoms with Crippen molar-refractivity contribution in [3.05, 3.63) is 229 Å². The molecule has 5 nitrogen and oxygen atoms in total. The normalized spacial score (nSPS) is 14.5. The van der Waals surface area contributed by atoms with Crippen LogP contribution in [0.3, 0.4) is 0 Å². The first-order valence-electron chi connectivity index (χ1n) is 20.2. The van der Waals surface area contributed by atoms with Gasteiger partial charge in [-0.25, -0.2) is 19.9 Å². The van der Waals surface area contributed by atoms with Crippen molar-refractivity contribution < 1.29 is 4.74 Å². The lowest BCUT2D eigenvalue weighted by Crippen LogP contribution is -2.32. The summed E-state index contributed by atoms with van der Waals surface area (Å²) in [5, 5.41) is 1.10. The summed E-state index contributed by atoms with van der Waals surface area (Å²) < 4.78 is 6.88. The SMILES string of the molecule is c1ccc(-c2ccc(-c3nc(-c4ccccc4)nc(-c4ccc5c(c4)C4(c6ccccc6O5)c5ccccc5-c5c(-c6ccccc6)nc6ccccc6c54)n3)cc2)cc1. The second-order valence-electron chi connectivity index (χ2n) is 15.3. The number of hydrogen-bond acceptors (Lipinski definition) is 5. The van der Waals surface area contributed by atoms with Crippen LogP contribution < -0.4 is 4.74 Å². The molecule has 0 amide bonds. The fraction of sp³-hybridized carbons (Fsp3) is 0.0182. The van der Waals surface area contributed by atoms with E-state index in [9.17, 15) is 0 Å². The van der Waals surface area contributed by atoms with Crippen molar-refractivity contribution in [3.8, 4) is 79.2 Å². The molecule has 0 bridgehead atoms. The van der Waals surface area contributed by atoms with Gasteiger partial charge in [-0.15, -0.1) is 0 Å². The Kier molecular flexibility index (Phi) is 7.69. The minimum Gasteiger partial charge on any atom is -0.457 e. The average molecular weight is 767 g/mol. The first-order valence-corrected chi connectivity index (χ1v) is 20.2. The van der Waals surface area contributed by atoms with Crippen LogP contribution in [0.15, 0.2) is 206 Å². The van der Waals surface area contributed by atoms with Crippen LogP contribution in [0.25, 0.3) is 78.6 Å². The zero-order valence-electron chi connectivity index (χ0n) is 32.3. The fourth-order valence-electron chi connectivity index (χ4n) is 9.36. The number of aromatic nitrogens is 4. The summed E-state index contributed by atoms with van der Waals surface area (Å²) in [6.45, 7) is 0. The first-order chi connectivity index (χ1) is 29.7.